The van der Waals surface area contributed by atoms with Gasteiger partial charge in [0.25, 0.3) is 5.91 Å². The van der Waals surface area contributed by atoms with Gasteiger partial charge in [0.15, 0.2) is 11.6 Å². The predicted octanol–water partition coefficient (Wildman–Crippen LogP) is 0.629. The van der Waals surface area contributed by atoms with Crippen molar-refractivity contribution in [1.29, 1.82) is 0 Å². The summed E-state index contributed by atoms with van der Waals surface area (Å²) in [5, 5.41) is 10.0. The molecule has 0 radical (unpaired) electrons. The highest BCUT2D eigenvalue weighted by molar-refractivity contribution is 6.11. The fourth-order valence-corrected chi connectivity index (χ4v) is 3.02. The van der Waals surface area contributed by atoms with Crippen molar-refractivity contribution in [2.24, 2.45) is 0 Å². The van der Waals surface area contributed by atoms with Gasteiger partial charge in [-0.05, 0) is 32.1 Å². The first kappa shape index (κ1) is 21.9. The second-order valence-electron chi connectivity index (χ2n) is 6.89. The van der Waals surface area contributed by atoms with Gasteiger partial charge in [-0.2, -0.15) is 0 Å². The van der Waals surface area contributed by atoms with Crippen LogP contribution in [0.2, 0.25) is 0 Å². The fraction of sp³-hybridized carbons (Fsp3) is 0.476. The van der Waals surface area contributed by atoms with E-state index in [0.29, 0.717) is 29.8 Å². The summed E-state index contributed by atoms with van der Waals surface area (Å²) in [6, 6.07) is 6.65. The Morgan fingerprint density at radius 2 is 1.25 bits per heavy atom. The van der Waals surface area contributed by atoms with Crippen LogP contribution in [0.15, 0.2) is 35.9 Å². The van der Waals surface area contributed by atoms with E-state index in [4.69, 9.17) is 0 Å². The lowest BCUT2D eigenvalue weighted by molar-refractivity contribution is -0.112. The molecule has 1 fully saturated rings. The van der Waals surface area contributed by atoms with Crippen LogP contribution in [0.3, 0.4) is 0 Å². The van der Waals surface area contributed by atoms with Gasteiger partial charge in [-0.1, -0.05) is 12.1 Å². The maximum absolute atomic E-state index is 12.9. The van der Waals surface area contributed by atoms with Crippen molar-refractivity contribution < 1.29 is 14.4 Å². The molecule has 1 aliphatic rings. The molecule has 1 aromatic rings. The van der Waals surface area contributed by atoms with Gasteiger partial charge in [0.2, 0.25) is 0 Å². The third-order valence-corrected chi connectivity index (χ3v) is 4.53. The lowest BCUT2D eigenvalue weighted by atomic mass is 10.0. The molecule has 1 aliphatic heterocycles. The van der Waals surface area contributed by atoms with Crippen molar-refractivity contribution >= 4 is 17.5 Å². The third-order valence-electron chi connectivity index (χ3n) is 4.53. The molecule has 0 unspecified atom stereocenters. The Labute approximate surface area is 166 Å². The molecule has 7 heteroatoms. The molecular formula is C21H30N4O3. The number of rotatable bonds is 4. The van der Waals surface area contributed by atoms with Gasteiger partial charge in [-0.15, -0.1) is 0 Å². The van der Waals surface area contributed by atoms with Gasteiger partial charge in [-0.3, -0.25) is 14.4 Å². The zero-order chi connectivity index (χ0) is 20.4. The highest BCUT2D eigenvalue weighted by Crippen LogP contribution is 2.12. The number of benzene rings is 1. The smallest absolute Gasteiger partial charge is 0.253 e. The number of ketones is 2. The van der Waals surface area contributed by atoms with E-state index in [0.717, 1.165) is 39.3 Å². The van der Waals surface area contributed by atoms with Crippen molar-refractivity contribution in [3.8, 4) is 0 Å². The van der Waals surface area contributed by atoms with E-state index in [1.54, 1.807) is 31.2 Å². The van der Waals surface area contributed by atoms with E-state index in [9.17, 15) is 14.4 Å². The highest BCUT2D eigenvalue weighted by atomic mass is 16.2. The Morgan fingerprint density at radius 3 is 1.75 bits per heavy atom. The van der Waals surface area contributed by atoms with E-state index in [-0.39, 0.29) is 17.5 Å². The van der Waals surface area contributed by atoms with Crippen molar-refractivity contribution in [2.75, 3.05) is 52.4 Å². The Balaban J connectivity index is 2.04. The average molecular weight is 386 g/mol. The number of carbonyl (C=O) groups excluding carboxylic acids is 3. The van der Waals surface area contributed by atoms with E-state index >= 15 is 0 Å². The minimum absolute atomic E-state index is 0.0474. The number of amides is 1. The van der Waals surface area contributed by atoms with Crippen LogP contribution < -0.4 is 16.0 Å². The standard InChI is InChI=1S/C21H30N4O3/c1-16(15-17(2)26)20(27)18-3-5-19(6-4-18)21(28)25-13-11-23-9-7-22-8-10-24-12-14-25/h3-6,15,22-24H,7-14H2,1-2H3/b16-15-. The van der Waals surface area contributed by atoms with Crippen molar-refractivity contribution in [2.45, 2.75) is 13.8 Å². The Hall–Kier alpha value is -2.35. The molecule has 152 valence electrons. The number of carbonyl (C=O) groups is 3. The summed E-state index contributed by atoms with van der Waals surface area (Å²) in [6.07, 6.45) is 1.33. The lowest BCUT2D eigenvalue weighted by Gasteiger charge is -2.24. The topological polar surface area (TPSA) is 90.5 Å². The maximum atomic E-state index is 12.9. The monoisotopic (exact) mass is 386 g/mol. The van der Waals surface area contributed by atoms with E-state index in [2.05, 4.69) is 16.0 Å². The van der Waals surface area contributed by atoms with Crippen LogP contribution in [-0.4, -0.2) is 74.7 Å². The van der Waals surface area contributed by atoms with Crippen molar-refractivity contribution in [1.82, 2.24) is 20.9 Å². The number of allylic oxidation sites excluding steroid dienone is 2. The second-order valence-corrected chi connectivity index (χ2v) is 6.89. The minimum atomic E-state index is -0.206. The number of hydrogen-bond acceptors (Lipinski definition) is 6. The van der Waals surface area contributed by atoms with Gasteiger partial charge in [0.05, 0.1) is 0 Å². The van der Waals surface area contributed by atoms with E-state index < -0.39 is 0 Å². The van der Waals surface area contributed by atoms with Crippen LogP contribution in [0.1, 0.15) is 34.6 Å². The predicted molar refractivity (Wildman–Crippen MR) is 110 cm³/mol. The van der Waals surface area contributed by atoms with Crippen molar-refractivity contribution in [3.63, 3.8) is 0 Å². The molecule has 3 N–H and O–H groups in total. The summed E-state index contributed by atoms with van der Waals surface area (Å²) >= 11 is 0. The average Bonchev–Trinajstić information content (AvgIpc) is 2.67. The molecular weight excluding hydrogens is 356 g/mol. The van der Waals surface area contributed by atoms with Crippen LogP contribution in [0.4, 0.5) is 0 Å². The first-order valence-electron chi connectivity index (χ1n) is 9.74. The summed E-state index contributed by atoms with van der Waals surface area (Å²) in [6.45, 7) is 9.30. The first-order valence-corrected chi connectivity index (χ1v) is 9.74. The molecule has 0 bridgehead atoms. The summed E-state index contributed by atoms with van der Waals surface area (Å²) in [7, 11) is 0. The van der Waals surface area contributed by atoms with E-state index in [1.165, 1.54) is 13.0 Å². The van der Waals surface area contributed by atoms with Crippen LogP contribution in [0.25, 0.3) is 0 Å². The largest absolute Gasteiger partial charge is 0.336 e. The molecule has 7 nitrogen and oxygen atoms in total. The normalized spacial score (nSPS) is 17.4. The van der Waals surface area contributed by atoms with Crippen molar-refractivity contribution in [3.05, 3.63) is 47.0 Å². The molecule has 1 heterocycles. The van der Waals surface area contributed by atoms with Crippen LogP contribution in [0, 0.1) is 0 Å². The van der Waals surface area contributed by atoms with Gasteiger partial charge in [0, 0.05) is 69.1 Å². The highest BCUT2D eigenvalue weighted by Gasteiger charge is 2.16. The quantitative estimate of drug-likeness (QED) is 0.519. The van der Waals surface area contributed by atoms with E-state index in [1.807, 2.05) is 4.90 Å². The molecule has 0 spiro atoms. The summed E-state index contributed by atoms with van der Waals surface area (Å²) in [4.78, 5) is 38.2. The molecule has 2 rings (SSSR count). The third kappa shape index (κ3) is 6.99. The van der Waals surface area contributed by atoms with Crippen LogP contribution in [0.5, 0.6) is 0 Å². The number of Topliss-reactive ketones (excluding diaryl/α,β-unsaturated/α-hetero) is 1. The SMILES string of the molecule is CC(=O)/C=C(/C)C(=O)c1ccc(C(=O)N2CCNCCNCCNCC2)cc1. The second kappa shape index (κ2) is 11.5. The Morgan fingerprint density at radius 1 is 0.786 bits per heavy atom. The van der Waals surface area contributed by atoms with Crippen LogP contribution in [-0.2, 0) is 4.79 Å². The van der Waals surface area contributed by atoms with Gasteiger partial charge in [-0.25, -0.2) is 0 Å². The minimum Gasteiger partial charge on any atom is -0.336 e. The fourth-order valence-electron chi connectivity index (χ4n) is 3.02. The number of nitrogens with zero attached hydrogens (tertiary/aromatic N) is 1. The maximum Gasteiger partial charge on any atom is 0.253 e. The number of hydrogen-bond donors (Lipinski definition) is 3. The molecule has 0 atom stereocenters. The summed E-state index contributed by atoms with van der Waals surface area (Å²) in [5.41, 5.74) is 1.41. The summed E-state index contributed by atoms with van der Waals surface area (Å²) < 4.78 is 0. The zero-order valence-corrected chi connectivity index (χ0v) is 16.7. The first-order chi connectivity index (χ1) is 13.5. The zero-order valence-electron chi connectivity index (χ0n) is 16.7. The van der Waals surface area contributed by atoms with Gasteiger partial charge < -0.3 is 20.9 Å². The molecule has 0 aromatic heterocycles. The molecule has 0 aliphatic carbocycles. The molecule has 28 heavy (non-hydrogen) atoms. The molecule has 1 amide bonds. The summed E-state index contributed by atoms with van der Waals surface area (Å²) in [5.74, 6) is -0.415. The lowest BCUT2D eigenvalue weighted by Crippen LogP contribution is -2.44. The Bertz CT molecular complexity index is 701. The van der Waals surface area contributed by atoms with Crippen LogP contribution >= 0.6 is 0 Å². The Kier molecular flexibility index (Phi) is 9.00. The van der Waals surface area contributed by atoms with Gasteiger partial charge in [0.1, 0.15) is 0 Å². The molecule has 0 saturated carbocycles. The van der Waals surface area contributed by atoms with Gasteiger partial charge >= 0.3 is 0 Å². The molecule has 1 aromatic carbocycles. The molecule has 1 saturated heterocycles. The number of nitrogens with one attached hydrogen (secondary N) is 3.